The van der Waals surface area contributed by atoms with Crippen LogP contribution in [0.25, 0.3) is 0 Å². The average molecular weight is 232 g/mol. The molecule has 0 heterocycles. The van der Waals surface area contributed by atoms with E-state index in [0.717, 1.165) is 0 Å². The Kier molecular flexibility index (Phi) is 3.68. The first-order chi connectivity index (χ1) is 6.88. The van der Waals surface area contributed by atoms with Gasteiger partial charge in [0.1, 0.15) is 5.75 Å². The van der Waals surface area contributed by atoms with Crippen molar-refractivity contribution >= 4 is 10.2 Å². The lowest BCUT2D eigenvalue weighted by Gasteiger charge is -2.09. The van der Waals surface area contributed by atoms with Crippen molar-refractivity contribution in [2.45, 2.75) is 13.3 Å². The third-order valence-corrected chi connectivity index (χ3v) is 3.01. The molecule has 0 aliphatic heterocycles. The first kappa shape index (κ1) is 12.0. The van der Waals surface area contributed by atoms with E-state index in [4.69, 9.17) is 0 Å². The van der Waals surface area contributed by atoms with Gasteiger partial charge in [-0.2, -0.15) is 8.42 Å². The molecule has 0 saturated carbocycles. The maximum absolute atomic E-state index is 12.4. The zero-order valence-electron chi connectivity index (χ0n) is 8.35. The molecule has 1 atom stereocenters. The van der Waals surface area contributed by atoms with Crippen LogP contribution in [0.4, 0.5) is 3.89 Å². The van der Waals surface area contributed by atoms with Crippen LogP contribution in [-0.4, -0.2) is 19.3 Å². The van der Waals surface area contributed by atoms with E-state index in [9.17, 15) is 17.4 Å². The Balaban J connectivity index is 2.67. The molecule has 0 amide bonds. The predicted molar refractivity (Wildman–Crippen MR) is 55.9 cm³/mol. The average Bonchev–Trinajstić information content (AvgIpc) is 2.05. The summed E-state index contributed by atoms with van der Waals surface area (Å²) in [6.07, 6.45) is 0.343. The maximum Gasteiger partial charge on any atom is 0.302 e. The van der Waals surface area contributed by atoms with Crippen LogP contribution in [0.3, 0.4) is 0 Å². The molecule has 1 aromatic rings. The molecule has 0 bridgehead atoms. The number of phenolic OH excluding ortho intramolecular Hbond substituents is 1. The Bertz CT molecular complexity index is 428. The quantitative estimate of drug-likeness (QED) is 0.806. The molecule has 0 radical (unpaired) electrons. The number of hydrogen-bond donors (Lipinski definition) is 1. The second-order valence-electron chi connectivity index (χ2n) is 3.64. The van der Waals surface area contributed by atoms with Gasteiger partial charge in [0.2, 0.25) is 0 Å². The van der Waals surface area contributed by atoms with E-state index in [1.165, 1.54) is 6.07 Å². The second kappa shape index (κ2) is 4.61. The lowest BCUT2D eigenvalue weighted by molar-refractivity contribution is 0.461. The van der Waals surface area contributed by atoms with E-state index in [-0.39, 0.29) is 11.7 Å². The Hall–Kier alpha value is -1.10. The van der Waals surface area contributed by atoms with Crippen LogP contribution in [0.1, 0.15) is 12.5 Å². The fourth-order valence-electron chi connectivity index (χ4n) is 1.46. The summed E-state index contributed by atoms with van der Waals surface area (Å²) in [5.41, 5.74) is 0.633. The number of hydrogen-bond acceptors (Lipinski definition) is 3. The van der Waals surface area contributed by atoms with E-state index in [2.05, 4.69) is 0 Å². The normalized spacial score (nSPS) is 13.7. The summed E-state index contributed by atoms with van der Waals surface area (Å²) in [7, 11) is -4.44. The fraction of sp³-hybridized carbons (Fsp3) is 0.400. The molecule has 1 N–H and O–H groups in total. The summed E-state index contributed by atoms with van der Waals surface area (Å²) in [4.78, 5) is 0. The van der Waals surface area contributed by atoms with Crippen LogP contribution >= 0.6 is 0 Å². The van der Waals surface area contributed by atoms with Gasteiger partial charge in [-0.25, -0.2) is 0 Å². The van der Waals surface area contributed by atoms with E-state index >= 15 is 0 Å². The molecule has 1 unspecified atom stereocenters. The predicted octanol–water partition coefficient (Wildman–Crippen LogP) is 1.87. The van der Waals surface area contributed by atoms with Crippen LogP contribution in [0.2, 0.25) is 0 Å². The van der Waals surface area contributed by atoms with Gasteiger partial charge in [0.25, 0.3) is 0 Å². The molecule has 0 saturated heterocycles. The highest BCUT2D eigenvalue weighted by Crippen LogP contribution is 2.20. The van der Waals surface area contributed by atoms with Gasteiger partial charge in [-0.3, -0.25) is 0 Å². The largest absolute Gasteiger partial charge is 0.508 e. The minimum absolute atomic E-state index is 0.112. The number of phenols is 1. The summed E-state index contributed by atoms with van der Waals surface area (Å²) in [6.45, 7) is 1.63. The zero-order chi connectivity index (χ0) is 11.5. The summed E-state index contributed by atoms with van der Waals surface area (Å²) in [6, 6.07) is 6.63. The molecule has 0 aliphatic rings. The van der Waals surface area contributed by atoms with E-state index in [1.807, 2.05) is 0 Å². The third kappa shape index (κ3) is 4.29. The number of para-hydroxylation sites is 1. The summed E-state index contributed by atoms with van der Waals surface area (Å²) in [5, 5.41) is 9.41. The van der Waals surface area contributed by atoms with Crippen molar-refractivity contribution in [1.29, 1.82) is 0 Å². The van der Waals surface area contributed by atoms with Crippen LogP contribution in [-0.2, 0) is 16.6 Å². The molecule has 0 fully saturated rings. The van der Waals surface area contributed by atoms with Crippen molar-refractivity contribution in [3.05, 3.63) is 29.8 Å². The first-order valence-corrected chi connectivity index (χ1v) is 6.13. The summed E-state index contributed by atoms with van der Waals surface area (Å²) >= 11 is 0. The van der Waals surface area contributed by atoms with E-state index in [1.54, 1.807) is 25.1 Å². The Morgan fingerprint density at radius 1 is 1.40 bits per heavy atom. The zero-order valence-corrected chi connectivity index (χ0v) is 9.17. The van der Waals surface area contributed by atoms with Crippen LogP contribution in [0.5, 0.6) is 5.75 Å². The monoisotopic (exact) mass is 232 g/mol. The van der Waals surface area contributed by atoms with Crippen molar-refractivity contribution in [3.63, 3.8) is 0 Å². The van der Waals surface area contributed by atoms with Gasteiger partial charge in [-0.15, -0.1) is 3.89 Å². The van der Waals surface area contributed by atoms with Crippen molar-refractivity contribution in [1.82, 2.24) is 0 Å². The van der Waals surface area contributed by atoms with Gasteiger partial charge in [-0.1, -0.05) is 25.1 Å². The van der Waals surface area contributed by atoms with E-state index in [0.29, 0.717) is 12.0 Å². The fourth-order valence-corrected chi connectivity index (χ4v) is 2.26. The summed E-state index contributed by atoms with van der Waals surface area (Å²) in [5.74, 6) is -0.754. The lowest BCUT2D eigenvalue weighted by atomic mass is 10.0. The van der Waals surface area contributed by atoms with Gasteiger partial charge < -0.3 is 5.11 Å². The Morgan fingerprint density at radius 2 is 2.00 bits per heavy atom. The topological polar surface area (TPSA) is 54.4 Å². The van der Waals surface area contributed by atoms with Crippen molar-refractivity contribution < 1.29 is 17.4 Å². The molecule has 15 heavy (non-hydrogen) atoms. The lowest BCUT2D eigenvalue weighted by Crippen LogP contribution is -2.11. The van der Waals surface area contributed by atoms with Crippen molar-refractivity contribution in [2.24, 2.45) is 5.92 Å². The SMILES string of the molecule is CC(Cc1ccccc1O)CS(=O)(=O)F. The van der Waals surface area contributed by atoms with Gasteiger partial charge in [0.15, 0.2) is 0 Å². The van der Waals surface area contributed by atoms with Crippen molar-refractivity contribution in [3.8, 4) is 5.75 Å². The minimum atomic E-state index is -4.44. The van der Waals surface area contributed by atoms with Crippen LogP contribution in [0.15, 0.2) is 24.3 Å². The van der Waals surface area contributed by atoms with Gasteiger partial charge in [-0.05, 0) is 24.0 Å². The molecule has 1 rings (SSSR count). The molecule has 0 aromatic heterocycles. The van der Waals surface area contributed by atoms with Gasteiger partial charge in [0, 0.05) is 0 Å². The van der Waals surface area contributed by atoms with Gasteiger partial charge >= 0.3 is 10.2 Å². The number of benzene rings is 1. The summed E-state index contributed by atoms with van der Waals surface area (Å²) < 4.78 is 33.1. The molecular formula is C10H13FO3S. The first-order valence-electron chi connectivity index (χ1n) is 4.57. The smallest absolute Gasteiger partial charge is 0.302 e. The molecule has 0 spiro atoms. The maximum atomic E-state index is 12.4. The molecular weight excluding hydrogens is 219 g/mol. The van der Waals surface area contributed by atoms with Crippen LogP contribution in [0, 0.1) is 5.92 Å². The second-order valence-corrected chi connectivity index (χ2v) is 5.05. The Labute approximate surface area is 88.8 Å². The van der Waals surface area contributed by atoms with Crippen molar-refractivity contribution in [2.75, 3.05) is 5.75 Å². The number of halogens is 1. The highest BCUT2D eigenvalue weighted by molar-refractivity contribution is 7.86. The molecule has 1 aromatic carbocycles. The highest BCUT2D eigenvalue weighted by atomic mass is 32.3. The number of aromatic hydroxyl groups is 1. The number of rotatable bonds is 4. The minimum Gasteiger partial charge on any atom is -0.508 e. The molecule has 5 heteroatoms. The standard InChI is InChI=1S/C10H13FO3S/c1-8(7-15(11,13)14)6-9-4-2-3-5-10(9)12/h2-5,8,12H,6-7H2,1H3. The van der Waals surface area contributed by atoms with Gasteiger partial charge in [0.05, 0.1) is 5.75 Å². The highest BCUT2D eigenvalue weighted by Gasteiger charge is 2.15. The molecule has 3 nitrogen and oxygen atoms in total. The molecule has 84 valence electrons. The third-order valence-electron chi connectivity index (χ3n) is 2.04. The molecule has 0 aliphatic carbocycles. The van der Waals surface area contributed by atoms with Crippen LogP contribution < -0.4 is 0 Å². The Morgan fingerprint density at radius 3 is 2.53 bits per heavy atom. The van der Waals surface area contributed by atoms with E-state index < -0.39 is 16.0 Å².